The van der Waals surface area contributed by atoms with Gasteiger partial charge in [0.1, 0.15) is 16.5 Å². The largest absolute Gasteiger partial charge is 0.484 e. The highest BCUT2D eigenvalue weighted by Gasteiger charge is 2.23. The van der Waals surface area contributed by atoms with Crippen molar-refractivity contribution in [3.05, 3.63) is 78.5 Å². The molecule has 174 valence electrons. The maximum atomic E-state index is 13.1. The summed E-state index contributed by atoms with van der Waals surface area (Å²) in [6.45, 7) is 2.54. The Hall–Kier alpha value is -3.59. The molecular weight excluding hydrogens is 440 g/mol. The Balaban J connectivity index is 1.64. The lowest BCUT2D eigenvalue weighted by Crippen LogP contribution is -2.30. The van der Waals surface area contributed by atoms with Gasteiger partial charge < -0.3 is 15.0 Å². The van der Waals surface area contributed by atoms with Crippen molar-refractivity contribution >= 4 is 27.4 Å². The normalized spacial score (nSPS) is 11.0. The minimum Gasteiger partial charge on any atom is -0.484 e. The number of nitrogens with zero attached hydrogens (tertiary/aromatic N) is 3. The molecule has 8 nitrogen and oxygen atoms in total. The monoisotopic (exact) mass is 468 g/mol. The number of carbonyl (C=O) groups excluding carboxylic acids is 1. The van der Waals surface area contributed by atoms with E-state index in [0.29, 0.717) is 30.3 Å². The van der Waals surface area contributed by atoms with Crippen LogP contribution in [-0.4, -0.2) is 51.5 Å². The predicted octanol–water partition coefficient (Wildman–Crippen LogP) is 3.38. The molecule has 1 heterocycles. The smallest absolute Gasteiger partial charge is 0.265 e. The highest BCUT2D eigenvalue weighted by atomic mass is 32.2. The van der Waals surface area contributed by atoms with Gasteiger partial charge in [0.2, 0.25) is 0 Å². The Morgan fingerprint density at radius 1 is 1.03 bits per heavy atom. The number of anilines is 2. The van der Waals surface area contributed by atoms with Crippen LogP contribution in [0.15, 0.2) is 77.8 Å². The Morgan fingerprint density at radius 3 is 2.42 bits per heavy atom. The third kappa shape index (κ3) is 6.23. The SMILES string of the molecule is CCN(c1ccccc1)S(=O)(=O)c1ccc(NCc2cccc(OCC(=O)N(C)C)c2)nc1. The fourth-order valence-electron chi connectivity index (χ4n) is 3.06. The van der Waals surface area contributed by atoms with Crippen LogP contribution in [0.1, 0.15) is 12.5 Å². The summed E-state index contributed by atoms with van der Waals surface area (Å²) in [5.74, 6) is 1.02. The van der Waals surface area contributed by atoms with Gasteiger partial charge in [-0.25, -0.2) is 13.4 Å². The first-order valence-corrected chi connectivity index (χ1v) is 11.9. The van der Waals surface area contributed by atoms with E-state index in [-0.39, 0.29) is 17.4 Å². The van der Waals surface area contributed by atoms with Crippen molar-refractivity contribution in [1.82, 2.24) is 9.88 Å². The zero-order valence-electron chi connectivity index (χ0n) is 18.9. The number of nitrogens with one attached hydrogen (secondary N) is 1. The van der Waals surface area contributed by atoms with Crippen LogP contribution in [0.5, 0.6) is 5.75 Å². The minimum atomic E-state index is -3.72. The van der Waals surface area contributed by atoms with E-state index >= 15 is 0 Å². The molecule has 0 aliphatic carbocycles. The molecule has 2 aromatic carbocycles. The number of pyridine rings is 1. The topological polar surface area (TPSA) is 91.8 Å². The molecule has 0 aliphatic rings. The standard InChI is InChI=1S/C24H28N4O4S/c1-4-28(20-10-6-5-7-11-20)33(30,31)22-13-14-23(26-17-22)25-16-19-9-8-12-21(15-19)32-18-24(29)27(2)3/h5-15,17H,4,16,18H2,1-3H3,(H,25,26). The predicted molar refractivity (Wildman–Crippen MR) is 129 cm³/mol. The summed E-state index contributed by atoms with van der Waals surface area (Å²) < 4.78 is 33.0. The average Bonchev–Trinajstić information content (AvgIpc) is 2.82. The molecule has 0 saturated carbocycles. The first kappa shape index (κ1) is 24.1. The second-order valence-corrected chi connectivity index (χ2v) is 9.32. The van der Waals surface area contributed by atoms with E-state index in [9.17, 15) is 13.2 Å². The number of carbonyl (C=O) groups is 1. The van der Waals surface area contributed by atoms with Crippen LogP contribution in [0.2, 0.25) is 0 Å². The van der Waals surface area contributed by atoms with Gasteiger partial charge in [-0.15, -0.1) is 0 Å². The van der Waals surface area contributed by atoms with Gasteiger partial charge in [-0.05, 0) is 48.9 Å². The van der Waals surface area contributed by atoms with Crippen LogP contribution in [0, 0.1) is 0 Å². The molecule has 33 heavy (non-hydrogen) atoms. The molecule has 3 aromatic rings. The van der Waals surface area contributed by atoms with Crippen molar-refractivity contribution in [3.8, 4) is 5.75 Å². The second kappa shape index (κ2) is 10.8. The van der Waals surface area contributed by atoms with E-state index in [0.717, 1.165) is 5.56 Å². The van der Waals surface area contributed by atoms with Crippen molar-refractivity contribution in [3.63, 3.8) is 0 Å². The van der Waals surface area contributed by atoms with Crippen LogP contribution in [-0.2, 0) is 21.4 Å². The van der Waals surface area contributed by atoms with Gasteiger partial charge in [-0.2, -0.15) is 0 Å². The highest BCUT2D eigenvalue weighted by molar-refractivity contribution is 7.92. The highest BCUT2D eigenvalue weighted by Crippen LogP contribution is 2.23. The molecule has 1 amide bonds. The summed E-state index contributed by atoms with van der Waals surface area (Å²) in [5, 5.41) is 3.17. The zero-order chi connectivity index (χ0) is 23.8. The van der Waals surface area contributed by atoms with Gasteiger partial charge in [-0.3, -0.25) is 9.10 Å². The van der Waals surface area contributed by atoms with E-state index < -0.39 is 10.0 Å². The van der Waals surface area contributed by atoms with E-state index in [4.69, 9.17) is 4.74 Å². The van der Waals surface area contributed by atoms with Crippen LogP contribution in [0.3, 0.4) is 0 Å². The Labute approximate surface area is 194 Å². The minimum absolute atomic E-state index is 0.0286. The number of amides is 1. The van der Waals surface area contributed by atoms with Crippen LogP contribution < -0.4 is 14.4 Å². The number of para-hydroxylation sites is 1. The van der Waals surface area contributed by atoms with Crippen molar-refractivity contribution in [2.24, 2.45) is 0 Å². The average molecular weight is 469 g/mol. The molecule has 9 heteroatoms. The van der Waals surface area contributed by atoms with Crippen molar-refractivity contribution in [1.29, 1.82) is 0 Å². The molecule has 0 unspecified atom stereocenters. The third-order valence-corrected chi connectivity index (χ3v) is 6.78. The molecule has 0 radical (unpaired) electrons. The number of rotatable bonds is 10. The Morgan fingerprint density at radius 2 is 1.79 bits per heavy atom. The quantitative estimate of drug-likeness (QED) is 0.491. The first-order chi connectivity index (χ1) is 15.8. The fourth-order valence-corrected chi connectivity index (χ4v) is 4.48. The summed E-state index contributed by atoms with van der Waals surface area (Å²) in [4.78, 5) is 17.6. The summed E-state index contributed by atoms with van der Waals surface area (Å²) >= 11 is 0. The van der Waals surface area contributed by atoms with Gasteiger partial charge in [0.05, 0.1) is 5.69 Å². The molecule has 0 spiro atoms. The zero-order valence-corrected chi connectivity index (χ0v) is 19.7. The second-order valence-electron chi connectivity index (χ2n) is 7.46. The molecule has 1 N–H and O–H groups in total. The van der Waals surface area contributed by atoms with Gasteiger partial charge in [0, 0.05) is 33.4 Å². The third-order valence-electron chi connectivity index (χ3n) is 4.89. The summed E-state index contributed by atoms with van der Waals surface area (Å²) in [7, 11) is -0.363. The molecule has 0 fully saturated rings. The van der Waals surface area contributed by atoms with Crippen LogP contribution >= 0.6 is 0 Å². The van der Waals surface area contributed by atoms with Gasteiger partial charge in [-0.1, -0.05) is 30.3 Å². The van der Waals surface area contributed by atoms with Crippen LogP contribution in [0.25, 0.3) is 0 Å². The van der Waals surface area contributed by atoms with Gasteiger partial charge in [0.15, 0.2) is 6.61 Å². The van der Waals surface area contributed by atoms with Crippen molar-refractivity contribution in [2.45, 2.75) is 18.4 Å². The molecular formula is C24H28N4O4S. The van der Waals surface area contributed by atoms with Crippen LogP contribution in [0.4, 0.5) is 11.5 Å². The van der Waals surface area contributed by atoms with E-state index in [1.54, 1.807) is 63.5 Å². The lowest BCUT2D eigenvalue weighted by atomic mass is 10.2. The van der Waals surface area contributed by atoms with Crippen molar-refractivity contribution < 1.29 is 17.9 Å². The van der Waals surface area contributed by atoms with E-state index in [1.807, 2.05) is 24.3 Å². The maximum absolute atomic E-state index is 13.1. The number of ether oxygens (including phenoxy) is 1. The molecule has 0 saturated heterocycles. The number of sulfonamides is 1. The lowest BCUT2D eigenvalue weighted by molar-refractivity contribution is -0.130. The van der Waals surface area contributed by atoms with Crippen molar-refractivity contribution in [2.75, 3.05) is 36.9 Å². The summed E-state index contributed by atoms with van der Waals surface area (Å²) in [5.41, 5.74) is 1.54. The van der Waals surface area contributed by atoms with E-state index in [2.05, 4.69) is 10.3 Å². The Kier molecular flexibility index (Phi) is 7.89. The van der Waals surface area contributed by atoms with Gasteiger partial charge in [0.25, 0.3) is 15.9 Å². The fraction of sp³-hybridized carbons (Fsp3) is 0.250. The molecule has 0 aliphatic heterocycles. The number of aromatic nitrogens is 1. The summed E-state index contributed by atoms with van der Waals surface area (Å²) in [6, 6.07) is 19.6. The molecule has 1 aromatic heterocycles. The number of likely N-dealkylation sites (N-methyl/N-ethyl adjacent to an activating group) is 1. The Bertz CT molecular complexity index is 1170. The van der Waals surface area contributed by atoms with Gasteiger partial charge >= 0.3 is 0 Å². The summed E-state index contributed by atoms with van der Waals surface area (Å²) in [6.07, 6.45) is 1.36. The molecule has 0 atom stereocenters. The number of hydrogen-bond donors (Lipinski definition) is 1. The number of benzene rings is 2. The maximum Gasteiger partial charge on any atom is 0.265 e. The molecule has 3 rings (SSSR count). The lowest BCUT2D eigenvalue weighted by Gasteiger charge is -2.22. The molecule has 0 bridgehead atoms. The first-order valence-electron chi connectivity index (χ1n) is 10.5. The van der Waals surface area contributed by atoms with E-state index in [1.165, 1.54) is 15.4 Å². The number of hydrogen-bond acceptors (Lipinski definition) is 6.